The molecule has 0 spiro atoms. The number of likely N-dealkylation sites (N-methyl/N-ethyl adjacent to an activating group) is 1. The highest BCUT2D eigenvalue weighted by Gasteiger charge is 2.29. The first kappa shape index (κ1) is 15.1. The van der Waals surface area contributed by atoms with E-state index in [0.29, 0.717) is 6.04 Å². The summed E-state index contributed by atoms with van der Waals surface area (Å²) in [7, 11) is 2.12. The molecule has 1 N–H and O–H groups in total. The monoisotopic (exact) mass is 323 g/mol. The predicted octanol–water partition coefficient (Wildman–Crippen LogP) is 4.65. The zero-order valence-electron chi connectivity index (χ0n) is 12.3. The number of benzene rings is 1. The van der Waals surface area contributed by atoms with Gasteiger partial charge in [0.1, 0.15) is 0 Å². The zero-order valence-corrected chi connectivity index (χ0v) is 13.9. The number of hydrogen-bond acceptors (Lipinski definition) is 1. The van der Waals surface area contributed by atoms with Crippen molar-refractivity contribution >= 4 is 15.9 Å². The summed E-state index contributed by atoms with van der Waals surface area (Å²) in [5.41, 5.74) is 1.44. The minimum absolute atomic E-state index is 0.621. The van der Waals surface area contributed by atoms with Crippen molar-refractivity contribution in [3.63, 3.8) is 0 Å². The fourth-order valence-corrected chi connectivity index (χ4v) is 3.60. The van der Waals surface area contributed by atoms with Gasteiger partial charge in [0, 0.05) is 10.5 Å². The van der Waals surface area contributed by atoms with Gasteiger partial charge in [0.05, 0.1) is 0 Å². The molecule has 1 saturated carbocycles. The maximum absolute atomic E-state index is 3.56. The largest absolute Gasteiger partial charge is 0.316 e. The molecule has 1 aromatic carbocycles. The molecule has 106 valence electrons. The van der Waals surface area contributed by atoms with Gasteiger partial charge >= 0.3 is 0 Å². The average molecular weight is 324 g/mol. The van der Waals surface area contributed by atoms with E-state index in [9.17, 15) is 0 Å². The highest BCUT2D eigenvalue weighted by Crippen LogP contribution is 2.35. The van der Waals surface area contributed by atoms with Gasteiger partial charge in [-0.05, 0) is 61.8 Å². The Balaban J connectivity index is 1.98. The van der Waals surface area contributed by atoms with Gasteiger partial charge in [-0.2, -0.15) is 0 Å². The lowest BCUT2D eigenvalue weighted by Gasteiger charge is -2.36. The van der Waals surface area contributed by atoms with E-state index in [1.807, 2.05) is 0 Å². The summed E-state index contributed by atoms with van der Waals surface area (Å²) in [5.74, 6) is 2.61. The van der Waals surface area contributed by atoms with E-state index in [0.717, 1.165) is 28.6 Å². The van der Waals surface area contributed by atoms with Gasteiger partial charge in [0.25, 0.3) is 0 Å². The molecule has 4 atom stereocenters. The van der Waals surface area contributed by atoms with Gasteiger partial charge in [-0.1, -0.05) is 48.3 Å². The van der Waals surface area contributed by atoms with Crippen molar-refractivity contribution in [3.8, 4) is 0 Å². The van der Waals surface area contributed by atoms with Gasteiger partial charge in [0.15, 0.2) is 0 Å². The van der Waals surface area contributed by atoms with E-state index in [1.165, 1.54) is 24.8 Å². The summed E-state index contributed by atoms with van der Waals surface area (Å²) in [6, 6.07) is 9.39. The third kappa shape index (κ3) is 4.06. The summed E-state index contributed by atoms with van der Waals surface area (Å²) in [6.45, 7) is 4.83. The lowest BCUT2D eigenvalue weighted by molar-refractivity contribution is 0.173. The molecule has 1 aliphatic carbocycles. The Kier molecular flexibility index (Phi) is 5.47. The van der Waals surface area contributed by atoms with Gasteiger partial charge in [-0.15, -0.1) is 0 Å². The van der Waals surface area contributed by atoms with Crippen molar-refractivity contribution < 1.29 is 0 Å². The summed E-state index contributed by atoms with van der Waals surface area (Å²) >= 11 is 3.50. The molecule has 1 nitrogen and oxygen atoms in total. The van der Waals surface area contributed by atoms with Crippen LogP contribution in [-0.2, 0) is 6.42 Å². The van der Waals surface area contributed by atoms with Crippen LogP contribution in [-0.4, -0.2) is 13.1 Å². The molecule has 0 aromatic heterocycles. The second-order valence-electron chi connectivity index (χ2n) is 6.25. The normalized spacial score (nSPS) is 29.2. The topological polar surface area (TPSA) is 12.0 Å². The molecule has 19 heavy (non-hydrogen) atoms. The summed E-state index contributed by atoms with van der Waals surface area (Å²) in [5, 5.41) is 3.56. The molecule has 0 bridgehead atoms. The summed E-state index contributed by atoms with van der Waals surface area (Å²) in [6.07, 6.45) is 5.30. The van der Waals surface area contributed by atoms with Crippen molar-refractivity contribution in [1.29, 1.82) is 0 Å². The van der Waals surface area contributed by atoms with Crippen LogP contribution in [0.25, 0.3) is 0 Å². The number of hydrogen-bond donors (Lipinski definition) is 1. The zero-order chi connectivity index (χ0) is 13.8. The van der Waals surface area contributed by atoms with E-state index in [4.69, 9.17) is 0 Å². The Labute approximate surface area is 126 Å². The van der Waals surface area contributed by atoms with Crippen LogP contribution in [0.4, 0.5) is 0 Å². The van der Waals surface area contributed by atoms with Crippen LogP contribution in [0.5, 0.6) is 0 Å². The van der Waals surface area contributed by atoms with E-state index in [2.05, 4.69) is 66.4 Å². The SMILES string of the molecule is CNC(Cc1ccc(Br)cc1)C1CCC(C)C(C)C1. The third-order valence-electron chi connectivity index (χ3n) is 4.95. The standard InChI is InChI=1S/C17H26BrN/c1-12-4-7-15(10-13(12)2)17(19-3)11-14-5-8-16(18)9-6-14/h5-6,8-9,12-13,15,17,19H,4,7,10-11H2,1-3H3. The summed E-state index contributed by atoms with van der Waals surface area (Å²) in [4.78, 5) is 0. The molecule has 1 fully saturated rings. The second-order valence-corrected chi connectivity index (χ2v) is 7.17. The Morgan fingerprint density at radius 2 is 1.84 bits per heavy atom. The van der Waals surface area contributed by atoms with Crippen molar-refractivity contribution in [1.82, 2.24) is 5.32 Å². The van der Waals surface area contributed by atoms with Crippen LogP contribution in [0, 0.1) is 17.8 Å². The van der Waals surface area contributed by atoms with Crippen molar-refractivity contribution in [2.45, 2.75) is 45.6 Å². The van der Waals surface area contributed by atoms with Crippen LogP contribution in [0.2, 0.25) is 0 Å². The molecular weight excluding hydrogens is 298 g/mol. The van der Waals surface area contributed by atoms with Crippen LogP contribution in [0.15, 0.2) is 28.7 Å². The molecule has 2 rings (SSSR count). The van der Waals surface area contributed by atoms with E-state index >= 15 is 0 Å². The first-order valence-corrected chi connectivity index (χ1v) is 8.31. The number of halogens is 1. The van der Waals surface area contributed by atoms with Crippen molar-refractivity contribution in [2.75, 3.05) is 7.05 Å². The highest BCUT2D eigenvalue weighted by molar-refractivity contribution is 9.10. The number of rotatable bonds is 4. The minimum Gasteiger partial charge on any atom is -0.316 e. The smallest absolute Gasteiger partial charge is 0.0175 e. The second kappa shape index (κ2) is 6.90. The minimum atomic E-state index is 0.621. The predicted molar refractivity (Wildman–Crippen MR) is 86.4 cm³/mol. The van der Waals surface area contributed by atoms with E-state index in [-0.39, 0.29) is 0 Å². The van der Waals surface area contributed by atoms with Gasteiger partial charge < -0.3 is 5.32 Å². The number of nitrogens with one attached hydrogen (secondary N) is 1. The van der Waals surface area contributed by atoms with E-state index in [1.54, 1.807) is 0 Å². The van der Waals surface area contributed by atoms with Gasteiger partial charge in [0.2, 0.25) is 0 Å². The van der Waals surface area contributed by atoms with Crippen LogP contribution in [0.1, 0.15) is 38.7 Å². The van der Waals surface area contributed by atoms with Crippen LogP contribution in [0.3, 0.4) is 0 Å². The first-order valence-electron chi connectivity index (χ1n) is 7.52. The van der Waals surface area contributed by atoms with Gasteiger partial charge in [-0.3, -0.25) is 0 Å². The fourth-order valence-electron chi connectivity index (χ4n) is 3.33. The molecule has 2 heteroatoms. The molecule has 0 heterocycles. The third-order valence-corrected chi connectivity index (χ3v) is 5.48. The summed E-state index contributed by atoms with van der Waals surface area (Å²) < 4.78 is 1.16. The Morgan fingerprint density at radius 3 is 2.42 bits per heavy atom. The van der Waals surface area contributed by atoms with Gasteiger partial charge in [-0.25, -0.2) is 0 Å². The average Bonchev–Trinajstić information content (AvgIpc) is 2.41. The molecule has 0 saturated heterocycles. The van der Waals surface area contributed by atoms with Crippen LogP contribution >= 0.6 is 15.9 Å². The lowest BCUT2D eigenvalue weighted by Crippen LogP contribution is -2.39. The maximum Gasteiger partial charge on any atom is 0.0175 e. The van der Waals surface area contributed by atoms with Crippen molar-refractivity contribution in [2.24, 2.45) is 17.8 Å². The molecular formula is C17H26BrN. The molecule has 1 aromatic rings. The molecule has 1 aliphatic rings. The van der Waals surface area contributed by atoms with E-state index < -0.39 is 0 Å². The quantitative estimate of drug-likeness (QED) is 0.850. The van der Waals surface area contributed by atoms with Crippen LogP contribution < -0.4 is 5.32 Å². The Hall–Kier alpha value is -0.340. The van der Waals surface area contributed by atoms with Crippen molar-refractivity contribution in [3.05, 3.63) is 34.3 Å². The molecule has 0 amide bonds. The maximum atomic E-state index is 3.56. The molecule has 0 aliphatic heterocycles. The first-order chi connectivity index (χ1) is 9.10. The Morgan fingerprint density at radius 1 is 1.16 bits per heavy atom. The lowest BCUT2D eigenvalue weighted by atomic mass is 9.72. The molecule has 4 unspecified atom stereocenters. The molecule has 0 radical (unpaired) electrons. The fraction of sp³-hybridized carbons (Fsp3) is 0.647. The Bertz CT molecular complexity index is 387. The highest BCUT2D eigenvalue weighted by atomic mass is 79.9.